The molecule has 0 aliphatic carbocycles. The third-order valence-corrected chi connectivity index (χ3v) is 3.29. The minimum atomic E-state index is -0.188. The zero-order valence-electron chi connectivity index (χ0n) is 9.43. The van der Waals surface area contributed by atoms with E-state index in [-0.39, 0.29) is 24.4 Å². The van der Waals surface area contributed by atoms with E-state index in [0.717, 1.165) is 0 Å². The van der Waals surface area contributed by atoms with Gasteiger partial charge in [0, 0.05) is 13.6 Å². The average Bonchev–Trinajstić information content (AvgIpc) is 2.39. The van der Waals surface area contributed by atoms with Gasteiger partial charge < -0.3 is 4.90 Å². The monoisotopic (exact) mass is 230 g/mol. The highest BCUT2D eigenvalue weighted by Crippen LogP contribution is 2.17. The lowest BCUT2D eigenvalue weighted by molar-refractivity contribution is -0.125. The van der Waals surface area contributed by atoms with Gasteiger partial charge in [-0.25, -0.2) is 4.79 Å². The summed E-state index contributed by atoms with van der Waals surface area (Å²) in [6.07, 6.45) is 0. The molecular formula is C10H18N2O2S. The van der Waals surface area contributed by atoms with Crippen LogP contribution in [0.15, 0.2) is 0 Å². The summed E-state index contributed by atoms with van der Waals surface area (Å²) in [5.74, 6) is 1.29. The molecule has 1 saturated heterocycles. The number of thiol groups is 1. The molecule has 1 unspecified atom stereocenters. The smallest absolute Gasteiger partial charge is 0.318 e. The number of hydrogen-bond donors (Lipinski definition) is 1. The lowest BCUT2D eigenvalue weighted by atomic mass is 9.97. The molecule has 0 radical (unpaired) electrons. The van der Waals surface area contributed by atoms with E-state index in [2.05, 4.69) is 26.5 Å². The van der Waals surface area contributed by atoms with Crippen molar-refractivity contribution in [2.75, 3.05) is 25.9 Å². The van der Waals surface area contributed by atoms with E-state index in [1.54, 1.807) is 7.05 Å². The van der Waals surface area contributed by atoms with Gasteiger partial charge in [0.05, 0.1) is 0 Å². The van der Waals surface area contributed by atoms with E-state index in [9.17, 15) is 9.59 Å². The van der Waals surface area contributed by atoms with Crippen molar-refractivity contribution < 1.29 is 9.59 Å². The third-order valence-electron chi connectivity index (χ3n) is 2.83. The fourth-order valence-corrected chi connectivity index (χ4v) is 2.10. The molecule has 1 heterocycles. The summed E-state index contributed by atoms with van der Waals surface area (Å²) in [7, 11) is 1.64. The summed E-state index contributed by atoms with van der Waals surface area (Å²) in [5, 5.41) is 0. The highest BCUT2D eigenvalue weighted by atomic mass is 32.1. The zero-order valence-corrected chi connectivity index (χ0v) is 10.3. The van der Waals surface area contributed by atoms with Gasteiger partial charge in [0.1, 0.15) is 6.54 Å². The SMILES string of the molecule is CC(C)C(CS)CN1C(=O)CN(C)C1=O. The van der Waals surface area contributed by atoms with Crippen LogP contribution in [0.3, 0.4) is 0 Å². The third kappa shape index (κ3) is 2.65. The van der Waals surface area contributed by atoms with Crippen molar-refractivity contribution >= 4 is 24.6 Å². The first-order valence-electron chi connectivity index (χ1n) is 5.13. The van der Waals surface area contributed by atoms with Crippen LogP contribution in [0, 0.1) is 11.8 Å². The van der Waals surface area contributed by atoms with Gasteiger partial charge >= 0.3 is 6.03 Å². The number of carbonyl (C=O) groups is 2. The van der Waals surface area contributed by atoms with Crippen molar-refractivity contribution in [3.05, 3.63) is 0 Å². The number of rotatable bonds is 4. The molecule has 0 spiro atoms. The Kier molecular flexibility index (Phi) is 4.02. The standard InChI is InChI=1S/C10H18N2O2S/c1-7(2)8(6-15)4-12-9(13)5-11(3)10(12)14/h7-8,15H,4-6H2,1-3H3. The van der Waals surface area contributed by atoms with Crippen molar-refractivity contribution in [2.24, 2.45) is 11.8 Å². The lowest BCUT2D eigenvalue weighted by Crippen LogP contribution is -2.37. The van der Waals surface area contributed by atoms with Gasteiger partial charge in [-0.1, -0.05) is 13.8 Å². The minimum Gasteiger partial charge on any atom is -0.318 e. The molecule has 3 amide bonds. The fraction of sp³-hybridized carbons (Fsp3) is 0.800. The van der Waals surface area contributed by atoms with Crippen LogP contribution in [0.2, 0.25) is 0 Å². The van der Waals surface area contributed by atoms with E-state index in [0.29, 0.717) is 18.2 Å². The Labute approximate surface area is 96.0 Å². The highest BCUT2D eigenvalue weighted by Gasteiger charge is 2.35. The molecule has 86 valence electrons. The Morgan fingerprint density at radius 1 is 1.40 bits per heavy atom. The molecule has 0 aromatic carbocycles. The van der Waals surface area contributed by atoms with Crippen LogP contribution in [0.25, 0.3) is 0 Å². The minimum absolute atomic E-state index is 0.102. The molecule has 5 heteroatoms. The van der Waals surface area contributed by atoms with Crippen LogP contribution >= 0.6 is 12.6 Å². The molecule has 0 N–H and O–H groups in total. The van der Waals surface area contributed by atoms with Gasteiger partial charge in [-0.15, -0.1) is 0 Å². The van der Waals surface area contributed by atoms with Crippen LogP contribution in [0.4, 0.5) is 4.79 Å². The first-order chi connectivity index (χ1) is 6.97. The predicted molar refractivity (Wildman–Crippen MR) is 61.9 cm³/mol. The van der Waals surface area contributed by atoms with E-state index in [4.69, 9.17) is 0 Å². The molecular weight excluding hydrogens is 212 g/mol. The van der Waals surface area contributed by atoms with Crippen LogP contribution < -0.4 is 0 Å². The van der Waals surface area contributed by atoms with Gasteiger partial charge in [0.2, 0.25) is 5.91 Å². The van der Waals surface area contributed by atoms with Crippen molar-refractivity contribution in [1.82, 2.24) is 9.80 Å². The molecule has 0 bridgehead atoms. The van der Waals surface area contributed by atoms with Crippen LogP contribution in [0.5, 0.6) is 0 Å². The summed E-state index contributed by atoms with van der Waals surface area (Å²) in [5.41, 5.74) is 0. The first-order valence-corrected chi connectivity index (χ1v) is 5.77. The molecule has 0 aromatic rings. The summed E-state index contributed by atoms with van der Waals surface area (Å²) >= 11 is 4.25. The van der Waals surface area contributed by atoms with E-state index in [1.165, 1.54) is 9.80 Å². The number of amides is 3. The molecule has 15 heavy (non-hydrogen) atoms. The van der Waals surface area contributed by atoms with Crippen molar-refractivity contribution in [2.45, 2.75) is 13.8 Å². The van der Waals surface area contributed by atoms with Crippen molar-refractivity contribution in [3.63, 3.8) is 0 Å². The average molecular weight is 230 g/mol. The van der Waals surface area contributed by atoms with E-state index < -0.39 is 0 Å². The molecule has 1 atom stereocenters. The van der Waals surface area contributed by atoms with Crippen molar-refractivity contribution in [1.29, 1.82) is 0 Å². The maximum absolute atomic E-state index is 11.6. The summed E-state index contributed by atoms with van der Waals surface area (Å²) in [6.45, 7) is 4.85. The van der Waals surface area contributed by atoms with E-state index >= 15 is 0 Å². The van der Waals surface area contributed by atoms with Gasteiger partial charge in [-0.3, -0.25) is 9.69 Å². The first kappa shape index (κ1) is 12.4. The summed E-state index contributed by atoms with van der Waals surface area (Å²) < 4.78 is 0. The molecule has 4 nitrogen and oxygen atoms in total. The van der Waals surface area contributed by atoms with Crippen LogP contribution in [0.1, 0.15) is 13.8 Å². The Morgan fingerprint density at radius 3 is 2.33 bits per heavy atom. The van der Waals surface area contributed by atoms with E-state index in [1.807, 2.05) is 0 Å². The Hall–Kier alpha value is -0.710. The second-order valence-electron chi connectivity index (χ2n) is 4.33. The largest absolute Gasteiger partial charge is 0.326 e. The number of carbonyl (C=O) groups excluding carboxylic acids is 2. The van der Waals surface area contributed by atoms with Gasteiger partial charge in [0.15, 0.2) is 0 Å². The number of hydrogen-bond acceptors (Lipinski definition) is 3. The highest BCUT2D eigenvalue weighted by molar-refractivity contribution is 7.80. The van der Waals surface area contributed by atoms with Gasteiger partial charge in [0.25, 0.3) is 0 Å². The topological polar surface area (TPSA) is 40.6 Å². The second-order valence-corrected chi connectivity index (χ2v) is 4.69. The number of imide groups is 1. The molecule has 1 fully saturated rings. The molecule has 1 aliphatic rings. The number of nitrogens with zero attached hydrogens (tertiary/aromatic N) is 2. The Balaban J connectivity index is 2.64. The molecule has 0 aromatic heterocycles. The summed E-state index contributed by atoms with van der Waals surface area (Å²) in [6, 6.07) is -0.188. The van der Waals surface area contributed by atoms with Crippen LogP contribution in [-0.4, -0.2) is 47.6 Å². The normalized spacial score (nSPS) is 19.3. The Bertz CT molecular complexity index is 268. The predicted octanol–water partition coefficient (Wildman–Crippen LogP) is 1.08. The molecule has 0 saturated carbocycles. The molecule has 1 aliphatic heterocycles. The number of likely N-dealkylation sites (N-methyl/N-ethyl adjacent to an activating group) is 1. The quantitative estimate of drug-likeness (QED) is 0.580. The second kappa shape index (κ2) is 4.88. The number of urea groups is 1. The lowest BCUT2D eigenvalue weighted by Gasteiger charge is -2.23. The van der Waals surface area contributed by atoms with Crippen molar-refractivity contribution in [3.8, 4) is 0 Å². The van der Waals surface area contributed by atoms with Gasteiger partial charge in [-0.2, -0.15) is 12.6 Å². The van der Waals surface area contributed by atoms with Gasteiger partial charge in [-0.05, 0) is 17.6 Å². The maximum atomic E-state index is 11.6. The maximum Gasteiger partial charge on any atom is 0.326 e. The Morgan fingerprint density at radius 2 is 2.00 bits per heavy atom. The molecule has 1 rings (SSSR count). The summed E-state index contributed by atoms with van der Waals surface area (Å²) in [4.78, 5) is 25.9. The van der Waals surface area contributed by atoms with Crippen LogP contribution in [-0.2, 0) is 4.79 Å². The fourth-order valence-electron chi connectivity index (χ4n) is 1.56. The zero-order chi connectivity index (χ0) is 11.6.